The Labute approximate surface area is 138 Å². The van der Waals surface area contributed by atoms with Crippen LogP contribution in [0.3, 0.4) is 0 Å². The quantitative estimate of drug-likeness (QED) is 0.893. The molecule has 0 saturated carbocycles. The Morgan fingerprint density at radius 1 is 0.958 bits per heavy atom. The van der Waals surface area contributed by atoms with E-state index in [9.17, 15) is 21.6 Å². The van der Waals surface area contributed by atoms with Crippen molar-refractivity contribution in [3.63, 3.8) is 0 Å². The van der Waals surface area contributed by atoms with Crippen LogP contribution in [0.1, 0.15) is 16.7 Å². The summed E-state index contributed by atoms with van der Waals surface area (Å²) >= 11 is 0. The molecule has 2 rings (SSSR count). The van der Waals surface area contributed by atoms with Gasteiger partial charge in [-0.3, -0.25) is 4.72 Å². The molecule has 0 atom stereocenters. The largest absolute Gasteiger partial charge is 0.496 e. The summed E-state index contributed by atoms with van der Waals surface area (Å²) in [6.45, 7) is 3.37. The molecule has 0 bridgehead atoms. The van der Waals surface area contributed by atoms with Gasteiger partial charge in [-0.25, -0.2) is 8.42 Å². The van der Waals surface area contributed by atoms with Crippen molar-refractivity contribution in [3.05, 3.63) is 53.1 Å². The zero-order valence-corrected chi connectivity index (χ0v) is 14.0. The molecule has 130 valence electrons. The Hall–Kier alpha value is -2.22. The monoisotopic (exact) mass is 359 g/mol. The lowest BCUT2D eigenvalue weighted by Crippen LogP contribution is -2.15. The minimum atomic E-state index is -4.47. The molecule has 4 nitrogen and oxygen atoms in total. The molecular formula is C16H16F3NO3S. The minimum Gasteiger partial charge on any atom is -0.496 e. The van der Waals surface area contributed by atoms with Crippen LogP contribution in [0.25, 0.3) is 0 Å². The highest BCUT2D eigenvalue weighted by atomic mass is 32.2. The molecule has 0 heterocycles. The minimum absolute atomic E-state index is 0.0423. The zero-order valence-electron chi connectivity index (χ0n) is 13.2. The van der Waals surface area contributed by atoms with E-state index in [-0.39, 0.29) is 10.6 Å². The van der Waals surface area contributed by atoms with E-state index in [4.69, 9.17) is 4.74 Å². The van der Waals surface area contributed by atoms with Gasteiger partial charge in [0.25, 0.3) is 10.0 Å². The highest BCUT2D eigenvalue weighted by Crippen LogP contribution is 2.31. The van der Waals surface area contributed by atoms with Crippen LogP contribution < -0.4 is 9.46 Å². The average Bonchev–Trinajstić information content (AvgIpc) is 2.49. The van der Waals surface area contributed by atoms with Crippen molar-refractivity contribution in [2.75, 3.05) is 11.8 Å². The third-order valence-electron chi connectivity index (χ3n) is 3.66. The van der Waals surface area contributed by atoms with Gasteiger partial charge >= 0.3 is 6.18 Å². The fraction of sp³-hybridized carbons (Fsp3) is 0.250. The fourth-order valence-electron chi connectivity index (χ4n) is 2.22. The van der Waals surface area contributed by atoms with Gasteiger partial charge in [0.15, 0.2) is 0 Å². The van der Waals surface area contributed by atoms with Gasteiger partial charge in [0.05, 0.1) is 17.6 Å². The maximum atomic E-state index is 12.5. The maximum absolute atomic E-state index is 12.5. The van der Waals surface area contributed by atoms with Crippen LogP contribution in [0.5, 0.6) is 5.75 Å². The van der Waals surface area contributed by atoms with E-state index in [0.717, 1.165) is 24.3 Å². The number of anilines is 1. The standard InChI is InChI=1S/C16H16F3NO3S/c1-10-11(2)15(9-8-14(10)23-3)24(21,22)20-13-6-4-12(5-7-13)16(17,18)19/h4-9,20H,1-3H3. The highest BCUT2D eigenvalue weighted by Gasteiger charge is 2.30. The van der Waals surface area contributed by atoms with Crippen molar-refractivity contribution in [1.29, 1.82) is 0 Å². The first-order valence-electron chi connectivity index (χ1n) is 6.90. The molecule has 0 amide bonds. The highest BCUT2D eigenvalue weighted by molar-refractivity contribution is 7.92. The summed E-state index contributed by atoms with van der Waals surface area (Å²) in [6.07, 6.45) is -4.47. The van der Waals surface area contributed by atoms with Crippen molar-refractivity contribution in [1.82, 2.24) is 0 Å². The second-order valence-electron chi connectivity index (χ2n) is 5.20. The van der Waals surface area contributed by atoms with Gasteiger partial charge in [-0.2, -0.15) is 13.2 Å². The van der Waals surface area contributed by atoms with Crippen LogP contribution >= 0.6 is 0 Å². The number of ether oxygens (including phenoxy) is 1. The predicted octanol–water partition coefficient (Wildman–Crippen LogP) is 4.13. The van der Waals surface area contributed by atoms with Crippen molar-refractivity contribution >= 4 is 15.7 Å². The molecule has 0 fully saturated rings. The van der Waals surface area contributed by atoms with Crippen molar-refractivity contribution in [2.24, 2.45) is 0 Å². The summed E-state index contributed by atoms with van der Waals surface area (Å²) < 4.78 is 70.0. The molecule has 2 aromatic carbocycles. The second-order valence-corrected chi connectivity index (χ2v) is 6.85. The first-order valence-corrected chi connectivity index (χ1v) is 8.39. The van der Waals surface area contributed by atoms with Crippen LogP contribution in [-0.4, -0.2) is 15.5 Å². The molecule has 0 spiro atoms. The van der Waals surface area contributed by atoms with E-state index in [0.29, 0.717) is 16.9 Å². The summed E-state index contributed by atoms with van der Waals surface area (Å²) in [5, 5.41) is 0. The summed E-state index contributed by atoms with van der Waals surface area (Å²) in [6, 6.07) is 6.73. The average molecular weight is 359 g/mol. The van der Waals surface area contributed by atoms with E-state index in [1.54, 1.807) is 13.8 Å². The number of hydrogen-bond donors (Lipinski definition) is 1. The first kappa shape index (κ1) is 18.1. The summed E-state index contributed by atoms with van der Waals surface area (Å²) in [7, 11) is -2.44. The van der Waals surface area contributed by atoms with E-state index in [2.05, 4.69) is 4.72 Å². The summed E-state index contributed by atoms with van der Waals surface area (Å²) in [4.78, 5) is 0.0423. The zero-order chi connectivity index (χ0) is 18.1. The number of rotatable bonds is 4. The number of nitrogens with one attached hydrogen (secondary N) is 1. The van der Waals surface area contributed by atoms with E-state index in [1.807, 2.05) is 0 Å². The maximum Gasteiger partial charge on any atom is 0.416 e. The van der Waals surface area contributed by atoms with Gasteiger partial charge < -0.3 is 4.74 Å². The third-order valence-corrected chi connectivity index (χ3v) is 5.19. The predicted molar refractivity (Wildman–Crippen MR) is 84.7 cm³/mol. The Bertz CT molecular complexity index is 844. The Morgan fingerprint density at radius 2 is 1.54 bits per heavy atom. The molecule has 0 aromatic heterocycles. The molecule has 2 aromatic rings. The van der Waals surface area contributed by atoms with Gasteiger partial charge in [0, 0.05) is 5.69 Å². The lowest BCUT2D eigenvalue weighted by atomic mass is 10.1. The molecule has 0 radical (unpaired) electrons. The van der Waals surface area contributed by atoms with Crippen LogP contribution in [0.15, 0.2) is 41.3 Å². The molecule has 0 unspecified atom stereocenters. The van der Waals surface area contributed by atoms with Crippen LogP contribution in [-0.2, 0) is 16.2 Å². The number of sulfonamides is 1. The normalized spacial score (nSPS) is 12.1. The van der Waals surface area contributed by atoms with Crippen LogP contribution in [0, 0.1) is 13.8 Å². The van der Waals surface area contributed by atoms with Crippen molar-refractivity contribution in [3.8, 4) is 5.75 Å². The van der Waals surface area contributed by atoms with Gasteiger partial charge in [0.2, 0.25) is 0 Å². The molecule has 0 saturated heterocycles. The number of methoxy groups -OCH3 is 1. The van der Waals surface area contributed by atoms with Gasteiger partial charge in [-0.15, -0.1) is 0 Å². The van der Waals surface area contributed by atoms with Crippen LogP contribution in [0.2, 0.25) is 0 Å². The lowest BCUT2D eigenvalue weighted by molar-refractivity contribution is -0.137. The first-order chi connectivity index (χ1) is 11.1. The summed E-state index contributed by atoms with van der Waals surface area (Å²) in [5.41, 5.74) is 0.388. The van der Waals surface area contributed by atoms with Crippen LogP contribution in [0.4, 0.5) is 18.9 Å². The smallest absolute Gasteiger partial charge is 0.416 e. The van der Waals surface area contributed by atoms with E-state index < -0.39 is 21.8 Å². The molecular weight excluding hydrogens is 343 g/mol. The third kappa shape index (κ3) is 3.64. The number of halogens is 3. The Balaban J connectivity index is 2.34. The topological polar surface area (TPSA) is 55.4 Å². The Morgan fingerprint density at radius 3 is 2.04 bits per heavy atom. The van der Waals surface area contributed by atoms with Crippen molar-refractivity contribution in [2.45, 2.75) is 24.9 Å². The molecule has 1 N–H and O–H groups in total. The summed E-state index contributed by atoms with van der Waals surface area (Å²) in [5.74, 6) is 0.556. The Kier molecular flexibility index (Phi) is 4.80. The van der Waals surface area contributed by atoms with E-state index >= 15 is 0 Å². The number of benzene rings is 2. The number of alkyl halides is 3. The van der Waals surface area contributed by atoms with E-state index in [1.165, 1.54) is 19.2 Å². The molecule has 0 aliphatic rings. The molecule has 0 aliphatic heterocycles. The van der Waals surface area contributed by atoms with Crippen molar-refractivity contribution < 1.29 is 26.3 Å². The number of hydrogen-bond acceptors (Lipinski definition) is 3. The van der Waals surface area contributed by atoms with Gasteiger partial charge in [0.1, 0.15) is 5.75 Å². The van der Waals surface area contributed by atoms with Gasteiger partial charge in [-0.05, 0) is 61.4 Å². The lowest BCUT2D eigenvalue weighted by Gasteiger charge is -2.14. The molecule has 24 heavy (non-hydrogen) atoms. The molecule has 0 aliphatic carbocycles. The SMILES string of the molecule is COc1ccc(S(=O)(=O)Nc2ccc(C(F)(F)F)cc2)c(C)c1C. The second kappa shape index (κ2) is 6.35. The fourth-order valence-corrected chi connectivity index (χ4v) is 3.58. The van der Waals surface area contributed by atoms with Gasteiger partial charge in [-0.1, -0.05) is 0 Å². The molecule has 8 heteroatoms.